The van der Waals surface area contributed by atoms with Crippen molar-refractivity contribution >= 4 is 11.8 Å². The van der Waals surface area contributed by atoms with Crippen LogP contribution in [0.15, 0.2) is 6.07 Å². The molecule has 142 valence electrons. The van der Waals surface area contributed by atoms with Crippen molar-refractivity contribution in [3.63, 3.8) is 0 Å². The van der Waals surface area contributed by atoms with E-state index in [1.165, 1.54) is 12.8 Å². The Kier molecular flexibility index (Phi) is 5.79. The molecule has 2 heterocycles. The standard InChI is InChI=1S/C20H29N3O3/c1-4-7-13(2)18(24)21-11-14-10-16-17(22-19(14)26-3)12-23(20(16)25)15-8-5-6-9-15/h10,13,15H,4-9,11-12H2,1-3H3,(H,21,24). The lowest BCUT2D eigenvalue weighted by atomic mass is 10.1. The van der Waals surface area contributed by atoms with Crippen LogP contribution in [-0.2, 0) is 17.9 Å². The molecule has 0 radical (unpaired) electrons. The second kappa shape index (κ2) is 8.06. The first-order valence-electron chi connectivity index (χ1n) is 9.70. The summed E-state index contributed by atoms with van der Waals surface area (Å²) in [6.07, 6.45) is 6.37. The highest BCUT2D eigenvalue weighted by atomic mass is 16.5. The molecule has 2 aliphatic rings. The molecule has 1 fully saturated rings. The molecule has 1 aliphatic carbocycles. The quantitative estimate of drug-likeness (QED) is 0.812. The molecule has 1 saturated carbocycles. The number of methoxy groups -OCH3 is 1. The molecule has 0 spiro atoms. The van der Waals surface area contributed by atoms with Gasteiger partial charge in [-0.3, -0.25) is 9.59 Å². The van der Waals surface area contributed by atoms with Crippen molar-refractivity contribution in [1.29, 1.82) is 0 Å². The number of nitrogens with zero attached hydrogens (tertiary/aromatic N) is 2. The number of hydrogen-bond acceptors (Lipinski definition) is 4. The van der Waals surface area contributed by atoms with Crippen molar-refractivity contribution in [1.82, 2.24) is 15.2 Å². The number of aromatic nitrogens is 1. The van der Waals surface area contributed by atoms with Crippen LogP contribution in [0.5, 0.6) is 5.88 Å². The van der Waals surface area contributed by atoms with Crippen molar-refractivity contribution in [2.45, 2.75) is 71.5 Å². The summed E-state index contributed by atoms with van der Waals surface area (Å²) in [6, 6.07) is 2.18. The number of hydrogen-bond donors (Lipinski definition) is 1. The van der Waals surface area contributed by atoms with E-state index in [0.717, 1.165) is 36.9 Å². The van der Waals surface area contributed by atoms with Crippen molar-refractivity contribution in [3.8, 4) is 5.88 Å². The van der Waals surface area contributed by atoms with Crippen LogP contribution >= 0.6 is 0 Å². The lowest BCUT2D eigenvalue weighted by molar-refractivity contribution is -0.124. The van der Waals surface area contributed by atoms with Crippen LogP contribution in [-0.4, -0.2) is 34.8 Å². The van der Waals surface area contributed by atoms with Gasteiger partial charge in [0.2, 0.25) is 11.8 Å². The first-order chi connectivity index (χ1) is 12.5. The smallest absolute Gasteiger partial charge is 0.256 e. The molecule has 1 N–H and O–H groups in total. The molecular weight excluding hydrogens is 330 g/mol. The number of nitrogens with one attached hydrogen (secondary N) is 1. The number of carbonyl (C=O) groups excluding carboxylic acids is 2. The lowest BCUT2D eigenvalue weighted by Crippen LogP contribution is -2.33. The van der Waals surface area contributed by atoms with Gasteiger partial charge in [-0.25, -0.2) is 4.98 Å². The molecule has 1 aliphatic heterocycles. The topological polar surface area (TPSA) is 71.5 Å². The molecule has 6 heteroatoms. The average Bonchev–Trinajstić information content (AvgIpc) is 3.27. The van der Waals surface area contributed by atoms with E-state index in [9.17, 15) is 9.59 Å². The monoisotopic (exact) mass is 359 g/mol. The molecule has 26 heavy (non-hydrogen) atoms. The molecule has 2 amide bonds. The fraction of sp³-hybridized carbons (Fsp3) is 0.650. The van der Waals surface area contributed by atoms with E-state index in [-0.39, 0.29) is 17.7 Å². The summed E-state index contributed by atoms with van der Waals surface area (Å²) in [4.78, 5) is 31.5. The molecule has 1 atom stereocenters. The van der Waals surface area contributed by atoms with Gasteiger partial charge in [0.15, 0.2) is 0 Å². The maximum Gasteiger partial charge on any atom is 0.256 e. The largest absolute Gasteiger partial charge is 0.481 e. The fourth-order valence-corrected chi connectivity index (χ4v) is 4.00. The number of fused-ring (bicyclic) bond motifs is 1. The summed E-state index contributed by atoms with van der Waals surface area (Å²) in [6.45, 7) is 4.89. The summed E-state index contributed by atoms with van der Waals surface area (Å²) in [5, 5.41) is 2.95. The van der Waals surface area contributed by atoms with Crippen molar-refractivity contribution in [3.05, 3.63) is 22.9 Å². The van der Waals surface area contributed by atoms with Gasteiger partial charge in [-0.2, -0.15) is 0 Å². The molecule has 0 bridgehead atoms. The number of pyridine rings is 1. The molecule has 1 aromatic rings. The van der Waals surface area contributed by atoms with Gasteiger partial charge in [-0.1, -0.05) is 33.1 Å². The molecule has 3 rings (SSSR count). The Morgan fingerprint density at radius 2 is 2.15 bits per heavy atom. The van der Waals surface area contributed by atoms with Crippen molar-refractivity contribution in [2.75, 3.05) is 7.11 Å². The van der Waals surface area contributed by atoms with Crippen LogP contribution < -0.4 is 10.1 Å². The summed E-state index contributed by atoms with van der Waals surface area (Å²) < 4.78 is 5.41. The first kappa shape index (κ1) is 18.7. The Hall–Kier alpha value is -2.11. The lowest BCUT2D eigenvalue weighted by Gasteiger charge is -2.22. The average molecular weight is 359 g/mol. The van der Waals surface area contributed by atoms with Gasteiger partial charge in [-0.05, 0) is 25.3 Å². The maximum absolute atomic E-state index is 12.8. The molecule has 6 nitrogen and oxygen atoms in total. The van der Waals surface area contributed by atoms with Gasteiger partial charge in [-0.15, -0.1) is 0 Å². The zero-order valence-electron chi connectivity index (χ0n) is 16.0. The third kappa shape index (κ3) is 3.69. The highest BCUT2D eigenvalue weighted by molar-refractivity contribution is 5.98. The highest BCUT2D eigenvalue weighted by Gasteiger charge is 2.35. The minimum Gasteiger partial charge on any atom is -0.481 e. The molecule has 1 unspecified atom stereocenters. The highest BCUT2D eigenvalue weighted by Crippen LogP contribution is 2.33. The summed E-state index contributed by atoms with van der Waals surface area (Å²) in [7, 11) is 1.57. The van der Waals surface area contributed by atoms with Crippen LogP contribution in [0.4, 0.5) is 0 Å². The summed E-state index contributed by atoms with van der Waals surface area (Å²) >= 11 is 0. The van der Waals surface area contributed by atoms with Gasteiger partial charge in [0.1, 0.15) is 0 Å². The van der Waals surface area contributed by atoms with E-state index < -0.39 is 0 Å². The third-order valence-electron chi connectivity index (χ3n) is 5.53. The zero-order chi connectivity index (χ0) is 18.7. The van der Waals surface area contributed by atoms with Crippen molar-refractivity contribution in [2.24, 2.45) is 5.92 Å². The summed E-state index contributed by atoms with van der Waals surface area (Å²) in [5.74, 6) is 0.559. The van der Waals surface area contributed by atoms with Crippen molar-refractivity contribution < 1.29 is 14.3 Å². The van der Waals surface area contributed by atoms with E-state index in [4.69, 9.17) is 4.74 Å². The van der Waals surface area contributed by atoms with E-state index in [0.29, 0.717) is 30.6 Å². The van der Waals surface area contributed by atoms with Gasteiger partial charge in [0.05, 0.1) is 24.9 Å². The minimum absolute atomic E-state index is 0.0205. The van der Waals surface area contributed by atoms with Gasteiger partial charge in [0, 0.05) is 24.1 Å². The molecular formula is C20H29N3O3. The minimum atomic E-state index is -0.0205. The third-order valence-corrected chi connectivity index (χ3v) is 5.53. The molecule has 0 saturated heterocycles. The predicted molar refractivity (Wildman–Crippen MR) is 98.8 cm³/mol. The summed E-state index contributed by atoms with van der Waals surface area (Å²) in [5.41, 5.74) is 2.20. The normalized spacial score (nSPS) is 18.1. The second-order valence-corrected chi connectivity index (χ2v) is 7.43. The zero-order valence-corrected chi connectivity index (χ0v) is 16.0. The van der Waals surface area contributed by atoms with Crippen LogP contribution in [0.1, 0.15) is 74.0 Å². The molecule has 0 aromatic carbocycles. The maximum atomic E-state index is 12.8. The van der Waals surface area contributed by atoms with E-state index >= 15 is 0 Å². The van der Waals surface area contributed by atoms with E-state index in [2.05, 4.69) is 17.2 Å². The molecule has 1 aromatic heterocycles. The van der Waals surface area contributed by atoms with Gasteiger partial charge < -0.3 is 15.0 Å². The van der Waals surface area contributed by atoms with Gasteiger partial charge >= 0.3 is 0 Å². The Balaban J connectivity index is 1.75. The van der Waals surface area contributed by atoms with E-state index in [1.807, 2.05) is 17.9 Å². The Bertz CT molecular complexity index is 683. The second-order valence-electron chi connectivity index (χ2n) is 7.43. The predicted octanol–water partition coefficient (Wildman–Crippen LogP) is 3.04. The fourth-order valence-electron chi connectivity index (χ4n) is 4.00. The van der Waals surface area contributed by atoms with Crippen LogP contribution in [0.3, 0.4) is 0 Å². The Morgan fingerprint density at radius 1 is 1.42 bits per heavy atom. The Morgan fingerprint density at radius 3 is 2.81 bits per heavy atom. The van der Waals surface area contributed by atoms with Gasteiger partial charge in [0.25, 0.3) is 5.91 Å². The van der Waals surface area contributed by atoms with Crippen LogP contribution in [0, 0.1) is 5.92 Å². The van der Waals surface area contributed by atoms with Crippen LogP contribution in [0.25, 0.3) is 0 Å². The van der Waals surface area contributed by atoms with E-state index in [1.54, 1.807) is 7.11 Å². The first-order valence-corrected chi connectivity index (χ1v) is 9.70. The van der Waals surface area contributed by atoms with Crippen LogP contribution in [0.2, 0.25) is 0 Å². The SMILES string of the molecule is CCCC(C)C(=O)NCc1cc2c(nc1OC)CN(C1CCCC1)C2=O. The number of ether oxygens (including phenoxy) is 1. The number of carbonyl (C=O) groups is 2. The number of rotatable bonds is 7. The number of amides is 2. The Labute approximate surface area is 155 Å².